The quantitative estimate of drug-likeness (QED) is 0.846. The van der Waals surface area contributed by atoms with Crippen LogP contribution in [-0.4, -0.2) is 36.5 Å². The van der Waals surface area contributed by atoms with Gasteiger partial charge in [-0.1, -0.05) is 0 Å². The number of nitrogens with zero attached hydrogens (tertiary/aromatic N) is 1. The smallest absolute Gasteiger partial charge is 0.271 e. The average Bonchev–Trinajstić information content (AvgIpc) is 3.24. The monoisotopic (exact) mass is 331 g/mol. The van der Waals surface area contributed by atoms with Gasteiger partial charge in [0.05, 0.1) is 13.7 Å². The van der Waals surface area contributed by atoms with Crippen molar-refractivity contribution in [3.63, 3.8) is 0 Å². The Bertz CT molecular complexity index is 708. The van der Waals surface area contributed by atoms with Gasteiger partial charge in [0.25, 0.3) is 5.91 Å². The summed E-state index contributed by atoms with van der Waals surface area (Å²) in [5.74, 6) is 0.267. The van der Waals surface area contributed by atoms with E-state index in [1.807, 2.05) is 24.3 Å². The zero-order valence-electron chi connectivity index (χ0n) is 12.7. The second-order valence-corrected chi connectivity index (χ2v) is 6.15. The summed E-state index contributed by atoms with van der Waals surface area (Å²) in [7, 11) is 1.61. The first-order valence-electron chi connectivity index (χ1n) is 7.33. The van der Waals surface area contributed by atoms with E-state index >= 15 is 0 Å². The molecule has 1 aliphatic rings. The standard InChI is InChI=1S/C16H17N3O3S/c1-22-12-6-2-10(3-7-12)16-19-13(9-23-16)15(21)17-8-14(20)18-11-4-5-11/h2-3,6-7,9,11H,4-5,8H2,1H3,(H,17,21)(H,18,20). The van der Waals surface area contributed by atoms with Crippen LogP contribution in [0.4, 0.5) is 0 Å². The summed E-state index contributed by atoms with van der Waals surface area (Å²) in [5.41, 5.74) is 1.24. The van der Waals surface area contributed by atoms with Crippen LogP contribution in [0.25, 0.3) is 10.6 Å². The number of hydrogen-bond donors (Lipinski definition) is 2. The second kappa shape index (κ2) is 6.78. The summed E-state index contributed by atoms with van der Waals surface area (Å²) in [6, 6.07) is 7.77. The summed E-state index contributed by atoms with van der Waals surface area (Å²) in [6.45, 7) is -0.0231. The van der Waals surface area contributed by atoms with E-state index in [0.29, 0.717) is 11.7 Å². The van der Waals surface area contributed by atoms with Crippen molar-refractivity contribution in [3.05, 3.63) is 35.3 Å². The molecular formula is C16H17N3O3S. The largest absolute Gasteiger partial charge is 0.497 e. The summed E-state index contributed by atoms with van der Waals surface area (Å²) in [5, 5.41) is 7.85. The minimum Gasteiger partial charge on any atom is -0.497 e. The van der Waals surface area contributed by atoms with E-state index in [0.717, 1.165) is 29.2 Å². The second-order valence-electron chi connectivity index (χ2n) is 5.29. The van der Waals surface area contributed by atoms with Gasteiger partial charge in [0.15, 0.2) is 0 Å². The zero-order chi connectivity index (χ0) is 16.2. The Kier molecular flexibility index (Phi) is 4.57. The minimum atomic E-state index is -0.341. The molecule has 120 valence electrons. The normalized spacial score (nSPS) is 13.4. The molecule has 1 saturated carbocycles. The van der Waals surface area contributed by atoms with Gasteiger partial charge in [-0.3, -0.25) is 9.59 Å². The van der Waals surface area contributed by atoms with Crippen LogP contribution in [0.1, 0.15) is 23.3 Å². The Hall–Kier alpha value is -2.41. The number of ether oxygens (including phenoxy) is 1. The summed E-state index contributed by atoms with van der Waals surface area (Å²) in [4.78, 5) is 27.9. The first kappa shape index (κ1) is 15.5. The third-order valence-electron chi connectivity index (χ3n) is 3.43. The molecule has 3 rings (SSSR count). The maximum atomic E-state index is 12.0. The van der Waals surface area contributed by atoms with E-state index in [-0.39, 0.29) is 18.4 Å². The Morgan fingerprint density at radius 2 is 2.04 bits per heavy atom. The molecular weight excluding hydrogens is 314 g/mol. The number of benzene rings is 1. The van der Waals surface area contributed by atoms with Crippen LogP contribution < -0.4 is 15.4 Å². The van der Waals surface area contributed by atoms with Gasteiger partial charge in [-0.15, -0.1) is 11.3 Å². The van der Waals surface area contributed by atoms with Gasteiger partial charge in [0, 0.05) is 17.0 Å². The fourth-order valence-electron chi connectivity index (χ4n) is 2.00. The van der Waals surface area contributed by atoms with Crippen molar-refractivity contribution in [2.45, 2.75) is 18.9 Å². The van der Waals surface area contributed by atoms with Crippen molar-refractivity contribution >= 4 is 23.2 Å². The Labute approximate surface area is 137 Å². The van der Waals surface area contributed by atoms with Crippen molar-refractivity contribution in [1.29, 1.82) is 0 Å². The highest BCUT2D eigenvalue weighted by molar-refractivity contribution is 7.13. The first-order chi connectivity index (χ1) is 11.2. The van der Waals surface area contributed by atoms with E-state index in [1.165, 1.54) is 11.3 Å². The van der Waals surface area contributed by atoms with Gasteiger partial charge in [-0.05, 0) is 37.1 Å². The van der Waals surface area contributed by atoms with Crippen LogP contribution in [0.3, 0.4) is 0 Å². The molecule has 0 saturated heterocycles. The van der Waals surface area contributed by atoms with Crippen LogP contribution in [0.5, 0.6) is 5.75 Å². The number of carbonyl (C=O) groups excluding carboxylic acids is 2. The molecule has 0 unspecified atom stereocenters. The molecule has 6 nitrogen and oxygen atoms in total. The van der Waals surface area contributed by atoms with Crippen molar-refractivity contribution in [2.24, 2.45) is 0 Å². The predicted molar refractivity (Wildman–Crippen MR) is 87.6 cm³/mol. The molecule has 0 radical (unpaired) electrons. The lowest BCUT2D eigenvalue weighted by Gasteiger charge is -2.04. The molecule has 1 aromatic carbocycles. The zero-order valence-corrected chi connectivity index (χ0v) is 13.5. The molecule has 2 aromatic rings. The lowest BCUT2D eigenvalue weighted by molar-refractivity contribution is -0.120. The van der Waals surface area contributed by atoms with Crippen LogP contribution in [0.2, 0.25) is 0 Å². The average molecular weight is 331 g/mol. The Balaban J connectivity index is 1.58. The Morgan fingerprint density at radius 1 is 1.30 bits per heavy atom. The van der Waals surface area contributed by atoms with Gasteiger partial charge >= 0.3 is 0 Å². The molecule has 1 aliphatic carbocycles. The number of aromatic nitrogens is 1. The third kappa shape index (κ3) is 4.07. The number of methoxy groups -OCH3 is 1. The number of carbonyl (C=O) groups is 2. The highest BCUT2D eigenvalue weighted by atomic mass is 32.1. The molecule has 23 heavy (non-hydrogen) atoms. The van der Waals surface area contributed by atoms with Crippen molar-refractivity contribution in [2.75, 3.05) is 13.7 Å². The molecule has 0 atom stereocenters. The molecule has 7 heteroatoms. The molecule has 0 spiro atoms. The minimum absolute atomic E-state index is 0.0231. The molecule has 0 bridgehead atoms. The number of nitrogens with one attached hydrogen (secondary N) is 2. The molecule has 1 aromatic heterocycles. The number of thiazole rings is 1. The predicted octanol–water partition coefficient (Wildman–Crippen LogP) is 1.83. The van der Waals surface area contributed by atoms with E-state index in [4.69, 9.17) is 4.74 Å². The first-order valence-corrected chi connectivity index (χ1v) is 8.21. The van der Waals surface area contributed by atoms with Gasteiger partial charge in [-0.25, -0.2) is 4.98 Å². The third-order valence-corrected chi connectivity index (χ3v) is 4.32. The van der Waals surface area contributed by atoms with Crippen LogP contribution in [0.15, 0.2) is 29.6 Å². The molecule has 0 aliphatic heterocycles. The number of hydrogen-bond acceptors (Lipinski definition) is 5. The summed E-state index contributed by atoms with van der Waals surface area (Å²) < 4.78 is 5.12. The van der Waals surface area contributed by atoms with Crippen molar-refractivity contribution in [3.8, 4) is 16.3 Å². The lowest BCUT2D eigenvalue weighted by Crippen LogP contribution is -2.37. The number of amides is 2. The van der Waals surface area contributed by atoms with Gasteiger partial charge < -0.3 is 15.4 Å². The van der Waals surface area contributed by atoms with Gasteiger partial charge in [0.1, 0.15) is 16.5 Å². The van der Waals surface area contributed by atoms with Crippen molar-refractivity contribution in [1.82, 2.24) is 15.6 Å². The SMILES string of the molecule is COc1ccc(-c2nc(C(=O)NCC(=O)NC3CC3)cs2)cc1. The van der Waals surface area contributed by atoms with E-state index in [2.05, 4.69) is 15.6 Å². The highest BCUT2D eigenvalue weighted by Crippen LogP contribution is 2.25. The molecule has 2 N–H and O–H groups in total. The number of rotatable bonds is 6. The van der Waals surface area contributed by atoms with E-state index < -0.39 is 0 Å². The fraction of sp³-hybridized carbons (Fsp3) is 0.312. The molecule has 1 heterocycles. The Morgan fingerprint density at radius 3 is 2.70 bits per heavy atom. The molecule has 1 fully saturated rings. The van der Waals surface area contributed by atoms with Crippen LogP contribution >= 0.6 is 11.3 Å². The van der Waals surface area contributed by atoms with Crippen LogP contribution in [0, 0.1) is 0 Å². The van der Waals surface area contributed by atoms with E-state index in [1.54, 1.807) is 12.5 Å². The van der Waals surface area contributed by atoms with E-state index in [9.17, 15) is 9.59 Å². The highest BCUT2D eigenvalue weighted by Gasteiger charge is 2.23. The van der Waals surface area contributed by atoms with Crippen molar-refractivity contribution < 1.29 is 14.3 Å². The maximum Gasteiger partial charge on any atom is 0.271 e. The van der Waals surface area contributed by atoms with Crippen LogP contribution in [-0.2, 0) is 4.79 Å². The maximum absolute atomic E-state index is 12.0. The topological polar surface area (TPSA) is 80.3 Å². The van der Waals surface area contributed by atoms with Gasteiger partial charge in [-0.2, -0.15) is 0 Å². The lowest BCUT2D eigenvalue weighted by atomic mass is 10.2. The summed E-state index contributed by atoms with van der Waals surface area (Å²) >= 11 is 1.39. The molecule has 2 amide bonds. The summed E-state index contributed by atoms with van der Waals surface area (Å²) in [6.07, 6.45) is 2.05. The fourth-order valence-corrected chi connectivity index (χ4v) is 2.81. The van der Waals surface area contributed by atoms with Gasteiger partial charge in [0.2, 0.25) is 5.91 Å².